The van der Waals surface area contributed by atoms with Gasteiger partial charge < -0.3 is 15.2 Å². The Morgan fingerprint density at radius 3 is 2.76 bits per heavy atom. The fourth-order valence-electron chi connectivity index (χ4n) is 2.62. The molecule has 0 amide bonds. The van der Waals surface area contributed by atoms with Gasteiger partial charge in [-0.1, -0.05) is 30.7 Å². The van der Waals surface area contributed by atoms with Crippen LogP contribution in [0.25, 0.3) is 0 Å². The van der Waals surface area contributed by atoms with E-state index in [1.54, 1.807) is 6.33 Å². The highest BCUT2D eigenvalue weighted by Gasteiger charge is 2.04. The van der Waals surface area contributed by atoms with Gasteiger partial charge in [0, 0.05) is 37.6 Å². The highest BCUT2D eigenvalue weighted by Crippen LogP contribution is 2.10. The van der Waals surface area contributed by atoms with Crippen LogP contribution in [0, 0.1) is 0 Å². The molecule has 0 aliphatic rings. The highest BCUT2D eigenvalue weighted by atomic mass is 35.5. The van der Waals surface area contributed by atoms with Crippen LogP contribution in [0.2, 0.25) is 5.02 Å². The number of aryl methyl sites for hydroxylation is 1. The molecular formula is C18H28ClN7O2S. The summed E-state index contributed by atoms with van der Waals surface area (Å²) in [5.41, 5.74) is 1.13. The first-order chi connectivity index (χ1) is 13.9. The smallest absolute Gasteiger partial charge is 0.208 e. The van der Waals surface area contributed by atoms with Gasteiger partial charge in [0.2, 0.25) is 10.0 Å². The molecule has 0 fully saturated rings. The van der Waals surface area contributed by atoms with E-state index in [9.17, 15) is 8.42 Å². The number of rotatable bonds is 11. The molecule has 0 atom stereocenters. The summed E-state index contributed by atoms with van der Waals surface area (Å²) < 4.78 is 26.8. The van der Waals surface area contributed by atoms with Crippen molar-refractivity contribution >= 4 is 27.6 Å². The molecule has 1 aromatic heterocycles. The molecule has 0 saturated carbocycles. The van der Waals surface area contributed by atoms with Gasteiger partial charge in [-0.2, -0.15) is 0 Å². The van der Waals surface area contributed by atoms with Crippen LogP contribution in [0.4, 0.5) is 0 Å². The Kier molecular flexibility index (Phi) is 9.36. The second-order valence-corrected chi connectivity index (χ2v) is 8.69. The summed E-state index contributed by atoms with van der Waals surface area (Å²) in [7, 11) is -3.22. The van der Waals surface area contributed by atoms with Crippen molar-refractivity contribution < 1.29 is 8.42 Å². The third-order valence-corrected chi connectivity index (χ3v) is 4.96. The summed E-state index contributed by atoms with van der Waals surface area (Å²) in [5.74, 6) is 1.55. The lowest BCUT2D eigenvalue weighted by Crippen LogP contribution is -2.40. The van der Waals surface area contributed by atoms with Gasteiger partial charge in [0.05, 0.1) is 12.8 Å². The third-order valence-electron chi connectivity index (χ3n) is 4.00. The number of hydrogen-bond donors (Lipinski definition) is 3. The van der Waals surface area contributed by atoms with E-state index in [0.29, 0.717) is 37.2 Å². The van der Waals surface area contributed by atoms with Crippen LogP contribution in [0.1, 0.15) is 18.3 Å². The molecule has 2 rings (SSSR count). The Bertz CT molecular complexity index is 899. The minimum Gasteiger partial charge on any atom is -0.356 e. The van der Waals surface area contributed by atoms with Crippen molar-refractivity contribution in [2.24, 2.45) is 4.99 Å². The molecule has 9 nitrogen and oxygen atoms in total. The SMILES string of the molecule is CCc1nncn1CCNC(=NCCNS(C)(=O)=O)NCCc1cccc(Cl)c1. The number of nitrogens with one attached hydrogen (secondary N) is 3. The van der Waals surface area contributed by atoms with E-state index in [2.05, 4.69) is 30.5 Å². The molecule has 2 aromatic rings. The summed E-state index contributed by atoms with van der Waals surface area (Å²) in [6.45, 7) is 4.60. The minimum absolute atomic E-state index is 0.241. The number of sulfonamides is 1. The molecule has 0 bridgehead atoms. The fourth-order valence-corrected chi connectivity index (χ4v) is 3.30. The van der Waals surface area contributed by atoms with E-state index in [1.165, 1.54) is 0 Å². The van der Waals surface area contributed by atoms with Crippen LogP contribution in [-0.4, -0.2) is 61.6 Å². The van der Waals surface area contributed by atoms with Gasteiger partial charge in [0.1, 0.15) is 12.2 Å². The van der Waals surface area contributed by atoms with Crippen molar-refractivity contribution in [2.75, 3.05) is 32.4 Å². The summed E-state index contributed by atoms with van der Waals surface area (Å²) in [5, 5.41) is 15.2. The molecule has 0 unspecified atom stereocenters. The quantitative estimate of drug-likeness (QED) is 0.270. The van der Waals surface area contributed by atoms with Gasteiger partial charge in [-0.3, -0.25) is 4.99 Å². The van der Waals surface area contributed by atoms with Crippen molar-refractivity contribution in [3.05, 3.63) is 47.0 Å². The van der Waals surface area contributed by atoms with Crippen molar-refractivity contribution in [1.82, 2.24) is 30.1 Å². The predicted molar refractivity (Wildman–Crippen MR) is 116 cm³/mol. The van der Waals surface area contributed by atoms with E-state index >= 15 is 0 Å². The molecule has 160 valence electrons. The monoisotopic (exact) mass is 441 g/mol. The van der Waals surface area contributed by atoms with E-state index in [1.807, 2.05) is 35.8 Å². The van der Waals surface area contributed by atoms with E-state index in [0.717, 1.165) is 30.5 Å². The van der Waals surface area contributed by atoms with Gasteiger partial charge in [-0.15, -0.1) is 10.2 Å². The first-order valence-corrected chi connectivity index (χ1v) is 11.7. The van der Waals surface area contributed by atoms with E-state index in [4.69, 9.17) is 11.6 Å². The fraction of sp³-hybridized carbons (Fsp3) is 0.500. The van der Waals surface area contributed by atoms with Crippen molar-refractivity contribution in [1.29, 1.82) is 0 Å². The van der Waals surface area contributed by atoms with Crippen molar-refractivity contribution in [3.63, 3.8) is 0 Å². The molecule has 0 aliphatic carbocycles. The number of benzene rings is 1. The predicted octanol–water partition coefficient (Wildman–Crippen LogP) is 0.821. The van der Waals surface area contributed by atoms with Crippen molar-refractivity contribution in [2.45, 2.75) is 26.3 Å². The Morgan fingerprint density at radius 2 is 2.03 bits per heavy atom. The van der Waals surface area contributed by atoms with Gasteiger partial charge in [-0.25, -0.2) is 13.1 Å². The minimum atomic E-state index is -3.22. The van der Waals surface area contributed by atoms with Crippen LogP contribution >= 0.6 is 11.6 Å². The Labute approximate surface area is 177 Å². The Hall–Kier alpha value is -2.17. The molecule has 1 heterocycles. The van der Waals surface area contributed by atoms with Crippen LogP contribution in [0.15, 0.2) is 35.6 Å². The maximum Gasteiger partial charge on any atom is 0.208 e. The van der Waals surface area contributed by atoms with Crippen LogP contribution < -0.4 is 15.4 Å². The average Bonchev–Trinajstić information content (AvgIpc) is 3.11. The lowest BCUT2D eigenvalue weighted by molar-refractivity contribution is 0.588. The Morgan fingerprint density at radius 1 is 1.24 bits per heavy atom. The summed E-state index contributed by atoms with van der Waals surface area (Å²) in [4.78, 5) is 4.44. The largest absolute Gasteiger partial charge is 0.356 e. The first kappa shape index (κ1) is 23.1. The molecule has 0 radical (unpaired) electrons. The molecule has 11 heteroatoms. The Balaban J connectivity index is 1.87. The second-order valence-electron chi connectivity index (χ2n) is 6.42. The molecule has 3 N–H and O–H groups in total. The normalized spacial score (nSPS) is 12.2. The van der Waals surface area contributed by atoms with E-state index < -0.39 is 10.0 Å². The summed E-state index contributed by atoms with van der Waals surface area (Å²) in [6, 6.07) is 7.72. The number of guanidine groups is 1. The molecule has 29 heavy (non-hydrogen) atoms. The summed E-state index contributed by atoms with van der Waals surface area (Å²) >= 11 is 6.02. The molecule has 0 saturated heterocycles. The highest BCUT2D eigenvalue weighted by molar-refractivity contribution is 7.88. The van der Waals surface area contributed by atoms with Gasteiger partial charge in [0.15, 0.2) is 5.96 Å². The topological polar surface area (TPSA) is 113 Å². The maximum absolute atomic E-state index is 11.2. The zero-order chi connectivity index (χ0) is 21.1. The number of halogens is 1. The zero-order valence-corrected chi connectivity index (χ0v) is 18.3. The standard InChI is InChI=1S/C18H28ClN7O2S/c1-3-17-25-23-14-26(17)12-11-22-18(21-9-10-24-29(2,27)28)20-8-7-15-5-4-6-16(19)13-15/h4-6,13-14,24H,3,7-12H2,1-2H3,(H2,20,21,22). The number of aliphatic imine (C=N–C) groups is 1. The van der Waals surface area contributed by atoms with Gasteiger partial charge in [0.25, 0.3) is 0 Å². The first-order valence-electron chi connectivity index (χ1n) is 9.45. The van der Waals surface area contributed by atoms with Crippen LogP contribution in [-0.2, 0) is 29.4 Å². The van der Waals surface area contributed by atoms with Gasteiger partial charge in [-0.05, 0) is 24.1 Å². The van der Waals surface area contributed by atoms with Gasteiger partial charge >= 0.3 is 0 Å². The number of aromatic nitrogens is 3. The number of nitrogens with zero attached hydrogens (tertiary/aromatic N) is 4. The zero-order valence-electron chi connectivity index (χ0n) is 16.7. The average molecular weight is 442 g/mol. The van der Waals surface area contributed by atoms with E-state index in [-0.39, 0.29) is 6.54 Å². The third kappa shape index (κ3) is 9.25. The van der Waals surface area contributed by atoms with Crippen molar-refractivity contribution in [3.8, 4) is 0 Å². The van der Waals surface area contributed by atoms with Crippen LogP contribution in [0.5, 0.6) is 0 Å². The lowest BCUT2D eigenvalue weighted by Gasteiger charge is -2.14. The molecule has 0 aliphatic heterocycles. The molecule has 0 spiro atoms. The summed E-state index contributed by atoms with van der Waals surface area (Å²) in [6.07, 6.45) is 4.44. The maximum atomic E-state index is 11.2. The molecule has 1 aromatic carbocycles. The molecular weight excluding hydrogens is 414 g/mol. The number of hydrogen-bond acceptors (Lipinski definition) is 5. The lowest BCUT2D eigenvalue weighted by atomic mass is 10.1. The van der Waals surface area contributed by atoms with Crippen LogP contribution in [0.3, 0.4) is 0 Å². The second kappa shape index (κ2) is 11.7.